The molecule has 3 aromatic carbocycles. The molecule has 7 nitrogen and oxygen atoms in total. The summed E-state index contributed by atoms with van der Waals surface area (Å²) in [5, 5.41) is 3.17. The minimum absolute atomic E-state index is 0.263. The maximum absolute atomic E-state index is 13.8. The molecule has 0 bridgehead atoms. The number of halogens is 2. The van der Waals surface area contributed by atoms with E-state index in [2.05, 4.69) is 5.32 Å². The van der Waals surface area contributed by atoms with Crippen LogP contribution in [0.15, 0.2) is 88.7 Å². The maximum atomic E-state index is 13.8. The second-order valence-corrected chi connectivity index (χ2v) is 12.0. The minimum Gasteiger partial charge on any atom is -0.324 e. The van der Waals surface area contributed by atoms with Crippen LogP contribution in [0.25, 0.3) is 0 Å². The van der Waals surface area contributed by atoms with Gasteiger partial charge in [0.25, 0.3) is 0 Å². The molecule has 0 aliphatic carbocycles. The van der Waals surface area contributed by atoms with Gasteiger partial charge < -0.3 is 5.32 Å². The lowest BCUT2D eigenvalue weighted by molar-refractivity contribution is -0.122. The maximum Gasteiger partial charge on any atom is 0.308 e. The fourth-order valence-corrected chi connectivity index (χ4v) is 8.10. The van der Waals surface area contributed by atoms with E-state index in [4.69, 9.17) is 23.2 Å². The number of rotatable bonds is 5. The molecule has 1 fully saturated rings. The summed E-state index contributed by atoms with van der Waals surface area (Å²) in [6.07, 6.45) is 0. The molecule has 3 atom stereocenters. The Hall–Kier alpha value is -3.37. The number of carbonyl (C=O) groups is 3. The van der Waals surface area contributed by atoms with Crippen molar-refractivity contribution in [1.29, 1.82) is 0 Å². The summed E-state index contributed by atoms with van der Waals surface area (Å²) in [5.74, 6) is -2.26. The van der Waals surface area contributed by atoms with Crippen molar-refractivity contribution < 1.29 is 14.4 Å². The van der Waals surface area contributed by atoms with E-state index in [0.717, 1.165) is 16.9 Å². The molecule has 1 N–H and O–H groups in total. The van der Waals surface area contributed by atoms with Crippen LogP contribution in [-0.2, 0) is 20.9 Å². The highest BCUT2D eigenvalue weighted by Crippen LogP contribution is 2.53. The van der Waals surface area contributed by atoms with E-state index in [-0.39, 0.29) is 23.2 Å². The van der Waals surface area contributed by atoms with E-state index in [1.165, 1.54) is 27.3 Å². The second-order valence-electron chi connectivity index (χ2n) is 9.10. The highest BCUT2D eigenvalue weighted by atomic mass is 35.5. The summed E-state index contributed by atoms with van der Waals surface area (Å²) in [4.78, 5) is 55.2. The van der Waals surface area contributed by atoms with Crippen molar-refractivity contribution >= 4 is 75.4 Å². The Labute approximate surface area is 241 Å². The molecule has 0 unspecified atom stereocenters. The Morgan fingerprint density at radius 1 is 0.872 bits per heavy atom. The number of thioether (sulfide) groups is 1. The predicted molar refractivity (Wildman–Crippen MR) is 154 cm³/mol. The fraction of sp³-hybridized carbons (Fsp3) is 0.143. The lowest BCUT2D eigenvalue weighted by Crippen LogP contribution is -2.33. The molecular weight excluding hydrogens is 577 g/mol. The molecule has 1 aromatic heterocycles. The fourth-order valence-electron chi connectivity index (χ4n) is 5.02. The van der Waals surface area contributed by atoms with Crippen LogP contribution in [0.1, 0.15) is 16.4 Å². The third-order valence-electron chi connectivity index (χ3n) is 6.73. The number of nitrogens with one attached hydrogen (secondary N) is 1. The van der Waals surface area contributed by atoms with E-state index < -0.39 is 23.0 Å². The highest BCUT2D eigenvalue weighted by molar-refractivity contribution is 8.00. The summed E-state index contributed by atoms with van der Waals surface area (Å²) < 4.78 is 1.38. The molecular formula is C28H19Cl2N3O4S2. The van der Waals surface area contributed by atoms with Crippen LogP contribution >= 0.6 is 46.3 Å². The van der Waals surface area contributed by atoms with Crippen molar-refractivity contribution in [2.24, 2.45) is 5.92 Å². The molecule has 0 saturated carbocycles. The van der Waals surface area contributed by atoms with E-state index in [0.29, 0.717) is 31.3 Å². The normalized spacial score (nSPS) is 20.1. The summed E-state index contributed by atoms with van der Waals surface area (Å²) in [6, 6.07) is 23.0. The number of anilines is 2. The van der Waals surface area contributed by atoms with E-state index in [9.17, 15) is 19.2 Å². The van der Waals surface area contributed by atoms with Crippen molar-refractivity contribution in [1.82, 2.24) is 4.57 Å². The molecule has 196 valence electrons. The van der Waals surface area contributed by atoms with Gasteiger partial charge in [-0.25, -0.2) is 4.90 Å². The minimum atomic E-state index is -0.742. The van der Waals surface area contributed by atoms with Crippen LogP contribution in [0.2, 0.25) is 10.0 Å². The smallest absolute Gasteiger partial charge is 0.308 e. The largest absolute Gasteiger partial charge is 0.324 e. The van der Waals surface area contributed by atoms with Gasteiger partial charge in [-0.3, -0.25) is 23.7 Å². The second kappa shape index (κ2) is 10.3. The molecule has 2 aliphatic heterocycles. The van der Waals surface area contributed by atoms with Crippen molar-refractivity contribution in [3.8, 4) is 0 Å². The van der Waals surface area contributed by atoms with E-state index in [1.54, 1.807) is 36.4 Å². The molecule has 11 heteroatoms. The van der Waals surface area contributed by atoms with Crippen molar-refractivity contribution in [2.75, 3.05) is 10.2 Å². The van der Waals surface area contributed by atoms with Crippen LogP contribution in [-0.4, -0.2) is 27.5 Å². The standard InChI is InChI=1S/C28H19Cl2N3O4S2/c29-18-12-11-16(13-19(18)30)31-20(34)14-32-27-24(39-28(32)37)21(15-7-3-1-4-8-15)22-23(38-27)26(36)33(25(22)35)17-9-5-2-6-10-17/h1-13,21-23H,14H2,(H,31,34)/t21-,22-,23+/m0/s1. The van der Waals surface area contributed by atoms with Crippen molar-refractivity contribution in [3.63, 3.8) is 0 Å². The van der Waals surface area contributed by atoms with Crippen LogP contribution in [0.4, 0.5) is 11.4 Å². The summed E-state index contributed by atoms with van der Waals surface area (Å²) in [7, 11) is 0. The predicted octanol–water partition coefficient (Wildman–Crippen LogP) is 5.65. The first-order chi connectivity index (χ1) is 18.8. The van der Waals surface area contributed by atoms with Crippen LogP contribution in [0, 0.1) is 5.92 Å². The number of thiazole rings is 1. The van der Waals surface area contributed by atoms with Crippen LogP contribution < -0.4 is 15.1 Å². The number of hydrogen-bond donors (Lipinski definition) is 1. The number of nitrogens with zero attached hydrogens (tertiary/aromatic N) is 2. The van der Waals surface area contributed by atoms with Gasteiger partial charge in [-0.1, -0.05) is 94.8 Å². The molecule has 0 spiro atoms. The summed E-state index contributed by atoms with van der Waals surface area (Å²) >= 11 is 14.2. The van der Waals surface area contributed by atoms with Gasteiger partial charge in [0.05, 0.1) is 26.7 Å². The molecule has 4 aromatic rings. The third kappa shape index (κ3) is 4.59. The van der Waals surface area contributed by atoms with Crippen molar-refractivity contribution in [2.45, 2.75) is 22.7 Å². The van der Waals surface area contributed by atoms with Crippen LogP contribution in [0.5, 0.6) is 0 Å². The molecule has 6 rings (SSSR count). The number of fused-ring (bicyclic) bond motifs is 2. The third-order valence-corrected chi connectivity index (χ3v) is 10.1. The van der Waals surface area contributed by atoms with Gasteiger partial charge in [-0.2, -0.15) is 0 Å². The summed E-state index contributed by atoms with van der Waals surface area (Å²) in [6.45, 7) is -0.263. The summed E-state index contributed by atoms with van der Waals surface area (Å²) in [5.41, 5.74) is 1.78. The average Bonchev–Trinajstić information content (AvgIpc) is 3.37. The Morgan fingerprint density at radius 2 is 1.56 bits per heavy atom. The number of hydrogen-bond acceptors (Lipinski definition) is 6. The zero-order valence-electron chi connectivity index (χ0n) is 20.0. The number of aromatic nitrogens is 1. The number of imide groups is 1. The van der Waals surface area contributed by atoms with Crippen molar-refractivity contribution in [3.05, 3.63) is 109 Å². The number of amides is 3. The SMILES string of the molecule is O=C(Cn1c2c(sc1=O)[C@@H](c1ccccc1)[C@@H]1C(=O)N(c3ccccc3)C(=O)[C@@H]1S2)Nc1ccc(Cl)c(Cl)c1. The van der Waals surface area contributed by atoms with Gasteiger partial charge in [0.15, 0.2) is 0 Å². The molecule has 3 amide bonds. The average molecular weight is 597 g/mol. The van der Waals surface area contributed by atoms with Crippen LogP contribution in [0.3, 0.4) is 0 Å². The number of benzene rings is 3. The number of para-hydroxylation sites is 1. The van der Waals surface area contributed by atoms with E-state index >= 15 is 0 Å². The first-order valence-electron chi connectivity index (χ1n) is 12.0. The Morgan fingerprint density at radius 3 is 2.26 bits per heavy atom. The topological polar surface area (TPSA) is 88.5 Å². The monoisotopic (exact) mass is 595 g/mol. The zero-order valence-corrected chi connectivity index (χ0v) is 23.2. The lowest BCUT2D eigenvalue weighted by Gasteiger charge is -2.30. The Balaban J connectivity index is 1.39. The Kier molecular flexibility index (Phi) is 6.84. The molecule has 0 radical (unpaired) electrons. The van der Waals surface area contributed by atoms with Gasteiger partial charge in [0, 0.05) is 16.5 Å². The zero-order chi connectivity index (χ0) is 27.3. The van der Waals surface area contributed by atoms with E-state index in [1.807, 2.05) is 36.4 Å². The first kappa shape index (κ1) is 25.9. The quantitative estimate of drug-likeness (QED) is 0.301. The molecule has 3 heterocycles. The van der Waals surface area contributed by atoms with Gasteiger partial charge >= 0.3 is 4.87 Å². The van der Waals surface area contributed by atoms with Gasteiger partial charge in [0.1, 0.15) is 11.8 Å². The molecule has 2 aliphatic rings. The van der Waals surface area contributed by atoms with Gasteiger partial charge in [-0.05, 0) is 35.9 Å². The lowest BCUT2D eigenvalue weighted by atomic mass is 9.83. The number of carbonyl (C=O) groups excluding carboxylic acids is 3. The highest BCUT2D eigenvalue weighted by Gasteiger charge is 2.56. The first-order valence-corrected chi connectivity index (χ1v) is 14.4. The van der Waals surface area contributed by atoms with Gasteiger partial charge in [0.2, 0.25) is 17.7 Å². The molecule has 39 heavy (non-hydrogen) atoms. The van der Waals surface area contributed by atoms with Gasteiger partial charge in [-0.15, -0.1) is 0 Å². The Bertz CT molecular complexity index is 1670. The molecule has 1 saturated heterocycles.